The van der Waals surface area contributed by atoms with Gasteiger partial charge in [0, 0.05) is 28.7 Å². The van der Waals surface area contributed by atoms with E-state index in [0.29, 0.717) is 5.02 Å². The van der Waals surface area contributed by atoms with Crippen molar-refractivity contribution in [3.63, 3.8) is 0 Å². The van der Waals surface area contributed by atoms with Crippen LogP contribution >= 0.6 is 23.2 Å². The molecule has 1 N–H and O–H groups in total. The van der Waals surface area contributed by atoms with E-state index in [1.165, 1.54) is 6.33 Å². The van der Waals surface area contributed by atoms with E-state index in [1.54, 1.807) is 11.0 Å². The van der Waals surface area contributed by atoms with Crippen molar-refractivity contribution in [1.82, 2.24) is 25.0 Å². The van der Waals surface area contributed by atoms with Crippen LogP contribution in [-0.4, -0.2) is 51.9 Å². The summed E-state index contributed by atoms with van der Waals surface area (Å²) >= 11 is 13.0. The van der Waals surface area contributed by atoms with E-state index in [-0.39, 0.29) is 12.1 Å². The SMILES string of the molecule is Clc1cc(Cl)c2c(c1)[C@H](Oc1ccc(-n3cncn3)cc1)[C@@H](N1CC3CNCC3C1)C2. The van der Waals surface area contributed by atoms with Gasteiger partial charge in [-0.2, -0.15) is 5.10 Å². The summed E-state index contributed by atoms with van der Waals surface area (Å²) in [5.74, 6) is 2.28. The van der Waals surface area contributed by atoms with Crippen LogP contribution in [0.1, 0.15) is 17.2 Å². The average Bonchev–Trinajstić information content (AvgIpc) is 3.52. The Morgan fingerprint density at radius 1 is 1.03 bits per heavy atom. The molecule has 0 amide bonds. The van der Waals surface area contributed by atoms with Crippen molar-refractivity contribution >= 4 is 23.2 Å². The first-order valence-electron chi connectivity index (χ1n) is 10.7. The summed E-state index contributed by atoms with van der Waals surface area (Å²) in [5, 5.41) is 9.11. The van der Waals surface area contributed by atoms with Crippen molar-refractivity contribution in [2.24, 2.45) is 11.8 Å². The highest BCUT2D eigenvalue weighted by Crippen LogP contribution is 2.44. The van der Waals surface area contributed by atoms with E-state index in [2.05, 4.69) is 20.3 Å². The van der Waals surface area contributed by atoms with Crippen LogP contribution in [0, 0.1) is 11.8 Å². The number of nitrogens with zero attached hydrogens (tertiary/aromatic N) is 4. The molecule has 1 aromatic heterocycles. The lowest BCUT2D eigenvalue weighted by molar-refractivity contribution is 0.0890. The molecule has 0 radical (unpaired) electrons. The van der Waals surface area contributed by atoms with Crippen LogP contribution in [0.3, 0.4) is 0 Å². The molecule has 2 saturated heterocycles. The van der Waals surface area contributed by atoms with E-state index < -0.39 is 0 Å². The number of halogens is 2. The Balaban J connectivity index is 1.30. The molecular formula is C23H23Cl2N5O. The van der Waals surface area contributed by atoms with Crippen LogP contribution in [0.5, 0.6) is 5.75 Å². The van der Waals surface area contributed by atoms with Crippen LogP contribution in [0.4, 0.5) is 0 Å². The predicted molar refractivity (Wildman–Crippen MR) is 120 cm³/mol. The van der Waals surface area contributed by atoms with Gasteiger partial charge in [0.2, 0.25) is 0 Å². The van der Waals surface area contributed by atoms with Crippen molar-refractivity contribution in [2.45, 2.75) is 18.6 Å². The molecule has 160 valence electrons. The zero-order valence-corrected chi connectivity index (χ0v) is 18.4. The number of hydrogen-bond donors (Lipinski definition) is 1. The lowest BCUT2D eigenvalue weighted by Gasteiger charge is -2.31. The second kappa shape index (κ2) is 7.78. The third-order valence-electron chi connectivity index (χ3n) is 6.93. The maximum atomic E-state index is 6.61. The molecule has 6 rings (SSSR count). The maximum Gasteiger partial charge on any atom is 0.140 e. The van der Waals surface area contributed by atoms with Gasteiger partial charge in [-0.15, -0.1) is 0 Å². The molecule has 2 unspecified atom stereocenters. The van der Waals surface area contributed by atoms with Gasteiger partial charge < -0.3 is 10.1 Å². The standard InChI is InChI=1S/C23H23Cl2N5O/c24-16-5-20-19(21(25)6-16)7-22(29-10-14-8-26-9-15(14)11-29)23(20)31-18-3-1-17(2-4-18)30-13-27-12-28-30/h1-6,12-15,22-23,26H,7-11H2/t14?,15?,22-,23-/m0/s1. The Labute approximate surface area is 191 Å². The molecular weight excluding hydrogens is 433 g/mol. The van der Waals surface area contributed by atoms with Crippen molar-refractivity contribution < 1.29 is 4.74 Å². The summed E-state index contributed by atoms with van der Waals surface area (Å²) in [6, 6.07) is 12.1. The van der Waals surface area contributed by atoms with E-state index in [4.69, 9.17) is 27.9 Å². The molecule has 3 aromatic rings. The molecule has 1 aliphatic carbocycles. The second-order valence-corrected chi connectivity index (χ2v) is 9.58. The highest BCUT2D eigenvalue weighted by molar-refractivity contribution is 6.35. The number of rotatable bonds is 4. The smallest absolute Gasteiger partial charge is 0.140 e. The lowest BCUT2D eigenvalue weighted by Crippen LogP contribution is -2.40. The molecule has 31 heavy (non-hydrogen) atoms. The quantitative estimate of drug-likeness (QED) is 0.648. The minimum atomic E-state index is -0.102. The van der Waals surface area contributed by atoms with E-state index in [1.807, 2.05) is 36.4 Å². The lowest BCUT2D eigenvalue weighted by atomic mass is 10.0. The molecule has 4 atom stereocenters. The summed E-state index contributed by atoms with van der Waals surface area (Å²) in [5.41, 5.74) is 3.22. The molecule has 2 aliphatic heterocycles. The minimum absolute atomic E-state index is 0.102. The van der Waals surface area contributed by atoms with E-state index >= 15 is 0 Å². The number of nitrogens with one attached hydrogen (secondary N) is 1. The molecule has 2 aromatic carbocycles. The number of hydrogen-bond acceptors (Lipinski definition) is 5. The van der Waals surface area contributed by atoms with Gasteiger partial charge in [-0.3, -0.25) is 4.90 Å². The zero-order chi connectivity index (χ0) is 20.9. The van der Waals surface area contributed by atoms with Gasteiger partial charge >= 0.3 is 0 Å². The fourth-order valence-corrected chi connectivity index (χ4v) is 5.99. The number of aromatic nitrogens is 3. The zero-order valence-electron chi connectivity index (χ0n) is 16.9. The number of benzene rings is 2. The molecule has 3 heterocycles. The predicted octanol–water partition coefficient (Wildman–Crippen LogP) is 3.77. The third kappa shape index (κ3) is 3.52. The van der Waals surface area contributed by atoms with Crippen LogP contribution in [0.25, 0.3) is 5.69 Å². The van der Waals surface area contributed by atoms with Gasteiger partial charge in [-0.05, 0) is 73.3 Å². The topological polar surface area (TPSA) is 55.2 Å². The molecule has 0 spiro atoms. The molecule has 2 fully saturated rings. The summed E-state index contributed by atoms with van der Waals surface area (Å²) in [7, 11) is 0. The Morgan fingerprint density at radius 2 is 1.81 bits per heavy atom. The molecule has 0 bridgehead atoms. The summed E-state index contributed by atoms with van der Waals surface area (Å²) < 4.78 is 8.34. The Bertz CT molecular complexity index is 1080. The van der Waals surface area contributed by atoms with Gasteiger partial charge in [0.05, 0.1) is 11.7 Å². The summed E-state index contributed by atoms with van der Waals surface area (Å²) in [6.07, 6.45) is 4.00. The van der Waals surface area contributed by atoms with Gasteiger partial charge in [0.1, 0.15) is 24.5 Å². The summed E-state index contributed by atoms with van der Waals surface area (Å²) in [6.45, 7) is 4.44. The maximum absolute atomic E-state index is 6.61. The fourth-order valence-electron chi connectivity index (χ4n) is 5.41. The van der Waals surface area contributed by atoms with E-state index in [0.717, 1.165) is 72.0 Å². The van der Waals surface area contributed by atoms with Gasteiger partial charge in [0.15, 0.2) is 0 Å². The number of ether oxygens (including phenoxy) is 1. The second-order valence-electron chi connectivity index (χ2n) is 8.73. The van der Waals surface area contributed by atoms with Crippen LogP contribution < -0.4 is 10.1 Å². The van der Waals surface area contributed by atoms with Crippen LogP contribution in [0.2, 0.25) is 10.0 Å². The van der Waals surface area contributed by atoms with Crippen molar-refractivity contribution in [3.8, 4) is 11.4 Å². The highest BCUT2D eigenvalue weighted by Gasteiger charge is 2.45. The van der Waals surface area contributed by atoms with Gasteiger partial charge in [0.25, 0.3) is 0 Å². The largest absolute Gasteiger partial charge is 0.484 e. The molecule has 8 heteroatoms. The van der Waals surface area contributed by atoms with Crippen molar-refractivity contribution in [2.75, 3.05) is 26.2 Å². The van der Waals surface area contributed by atoms with Gasteiger partial charge in [-0.1, -0.05) is 23.2 Å². The third-order valence-corrected chi connectivity index (χ3v) is 7.49. The first-order chi connectivity index (χ1) is 15.2. The Hall–Kier alpha value is -2.12. The first kappa shape index (κ1) is 19.6. The molecule has 0 saturated carbocycles. The summed E-state index contributed by atoms with van der Waals surface area (Å²) in [4.78, 5) is 6.62. The molecule has 3 aliphatic rings. The number of likely N-dealkylation sites (tertiary alicyclic amines) is 1. The average molecular weight is 456 g/mol. The van der Waals surface area contributed by atoms with Crippen LogP contribution in [-0.2, 0) is 6.42 Å². The minimum Gasteiger partial charge on any atom is -0.484 e. The van der Waals surface area contributed by atoms with Crippen molar-refractivity contribution in [3.05, 3.63) is 70.2 Å². The van der Waals surface area contributed by atoms with Gasteiger partial charge in [-0.25, -0.2) is 9.67 Å². The first-order valence-corrected chi connectivity index (χ1v) is 11.5. The number of fused-ring (bicyclic) bond motifs is 2. The highest BCUT2D eigenvalue weighted by atomic mass is 35.5. The van der Waals surface area contributed by atoms with Crippen LogP contribution in [0.15, 0.2) is 49.1 Å². The van der Waals surface area contributed by atoms with Crippen molar-refractivity contribution in [1.29, 1.82) is 0 Å². The molecule has 6 nitrogen and oxygen atoms in total. The normalized spacial score (nSPS) is 27.4. The monoisotopic (exact) mass is 455 g/mol. The Kier molecular flexibility index (Phi) is 4.91. The fraction of sp³-hybridized carbons (Fsp3) is 0.391. The van der Waals surface area contributed by atoms with E-state index in [9.17, 15) is 0 Å². The Morgan fingerprint density at radius 3 is 2.52 bits per heavy atom.